The van der Waals surface area contributed by atoms with Crippen molar-refractivity contribution in [2.75, 3.05) is 11.1 Å². The van der Waals surface area contributed by atoms with Crippen molar-refractivity contribution in [3.8, 4) is 11.5 Å². The van der Waals surface area contributed by atoms with Gasteiger partial charge in [-0.15, -0.1) is 35.8 Å². The summed E-state index contributed by atoms with van der Waals surface area (Å²) in [4.78, 5) is 12.9. The molecule has 0 saturated heterocycles. The maximum atomic E-state index is 13.1. The summed E-state index contributed by atoms with van der Waals surface area (Å²) in [5.74, 6) is -6.21. The molecule has 0 heterocycles. The van der Waals surface area contributed by atoms with Crippen LogP contribution < -0.4 is 16.5 Å². The number of carbonyl (C=O) groups is 1. The van der Waals surface area contributed by atoms with E-state index >= 15 is 0 Å². The first-order valence-corrected chi connectivity index (χ1v) is 32.4. The van der Waals surface area contributed by atoms with E-state index in [0.717, 1.165) is 36.4 Å². The lowest BCUT2D eigenvalue weighted by atomic mass is 10.0. The maximum absolute atomic E-state index is 13.1. The normalized spacial score (nSPS) is 13.5. The monoisotopic (exact) mass is 1370 g/mol. The van der Waals surface area contributed by atoms with Gasteiger partial charge in [0.15, 0.2) is 11.5 Å². The van der Waals surface area contributed by atoms with Crippen molar-refractivity contribution in [2.45, 2.75) is 34.3 Å². The third-order valence-corrected chi connectivity index (χ3v) is 17.6. The van der Waals surface area contributed by atoms with Crippen LogP contribution >= 0.6 is 0 Å². The van der Waals surface area contributed by atoms with E-state index < -0.39 is 218 Å². The number of nitrogens with one attached hydrogen (secondary N) is 1. The van der Waals surface area contributed by atoms with Gasteiger partial charge in [-0.25, -0.2) is 10.2 Å². The van der Waals surface area contributed by atoms with E-state index in [9.17, 15) is 126 Å². The molecule has 0 fully saturated rings. The number of phenolic OH excluding ortho intramolecular Hbond substituents is 2. The number of hydrogen-bond donors (Lipinski definition) is 14. The maximum Gasteiger partial charge on any atom is 0.403 e. The number of aliphatic hydroxyl groups excluding tert-OH is 1. The van der Waals surface area contributed by atoms with Gasteiger partial charge in [0, 0.05) is 34.0 Å². The first-order chi connectivity index (χ1) is 40.8. The third kappa shape index (κ3) is 14.4. The highest BCUT2D eigenvalue weighted by Gasteiger charge is 2.32. The summed E-state index contributed by atoms with van der Waals surface area (Å²) in [6, 6.07) is 9.05. The van der Waals surface area contributed by atoms with E-state index in [4.69, 9.17) is 11.1 Å². The molecule has 7 aromatic carbocycles. The third-order valence-electron chi connectivity index (χ3n) is 11.4. The van der Waals surface area contributed by atoms with Gasteiger partial charge in [0.1, 0.15) is 63.5 Å². The summed E-state index contributed by atoms with van der Waals surface area (Å²) >= 11 is 0. The van der Waals surface area contributed by atoms with Gasteiger partial charge in [0.2, 0.25) is 11.6 Å². The van der Waals surface area contributed by atoms with Crippen LogP contribution in [0.15, 0.2) is 178 Å². The number of anilines is 2. The Morgan fingerprint density at radius 2 is 1.01 bits per heavy atom. The Labute approximate surface area is 495 Å². The summed E-state index contributed by atoms with van der Waals surface area (Å²) in [7, 11) is -38.4. The molecule has 0 aliphatic rings. The fraction of sp³-hybridized carbons (Fsp3) is 0. The molecule has 0 aliphatic heterocycles. The van der Waals surface area contributed by atoms with Gasteiger partial charge in [-0.05, 0) is 78.9 Å². The van der Waals surface area contributed by atoms with Crippen LogP contribution in [0.2, 0.25) is 0 Å². The average Bonchev–Trinajstić information content (AvgIpc) is 0.777. The summed E-state index contributed by atoms with van der Waals surface area (Å²) < 4.78 is 245. The summed E-state index contributed by atoms with van der Waals surface area (Å²) in [6.07, 6.45) is 0. The average molecular weight is 1380 g/mol. The van der Waals surface area contributed by atoms with E-state index in [2.05, 4.69) is 46.2 Å². The van der Waals surface area contributed by atoms with Crippen LogP contribution in [-0.2, 0) is 75.6 Å². The number of nitrogen functional groups attached to an aromatic ring is 1. The van der Waals surface area contributed by atoms with Crippen LogP contribution in [0.25, 0.3) is 21.5 Å². The first kappa shape index (κ1) is 66.6. The molecule has 7 aromatic rings. The van der Waals surface area contributed by atoms with E-state index in [1.165, 1.54) is 0 Å². The fourth-order valence-corrected chi connectivity index (χ4v) is 12.1. The van der Waals surface area contributed by atoms with Crippen molar-refractivity contribution in [2.24, 2.45) is 40.9 Å². The molecule has 16 N–H and O–H groups in total. The van der Waals surface area contributed by atoms with E-state index in [1.54, 1.807) is 0 Å². The Morgan fingerprint density at radius 1 is 0.494 bits per heavy atom. The Hall–Kier alpha value is -9.89. The predicted octanol–water partition coefficient (Wildman–Crippen LogP) is 5.08. The van der Waals surface area contributed by atoms with E-state index in [1.807, 2.05) is 0 Å². The number of carboxylic acid groups (broad SMARTS) is 1. The quantitative estimate of drug-likeness (QED) is 0.00900. The lowest BCUT2D eigenvalue weighted by molar-refractivity contribution is -0.385. The lowest BCUT2D eigenvalue weighted by Gasteiger charge is -2.15. The zero-order valence-electron chi connectivity index (χ0n) is 42.6. The molecule has 89 heavy (non-hydrogen) atoms. The van der Waals surface area contributed by atoms with Crippen molar-refractivity contribution >= 4 is 161 Å². The number of aliphatic hydroxyl groups is 1. The number of rotatable bonds is 20. The Kier molecular flexibility index (Phi) is 17.7. The van der Waals surface area contributed by atoms with Crippen molar-refractivity contribution in [3.05, 3.63) is 113 Å². The van der Waals surface area contributed by atoms with Gasteiger partial charge in [0.25, 0.3) is 76.5 Å². The number of nitrogens with zero attached hydrogens (tertiary/aromatic N) is 9. The van der Waals surface area contributed by atoms with Gasteiger partial charge in [-0.2, -0.15) is 64.0 Å². The highest BCUT2D eigenvalue weighted by Crippen LogP contribution is 2.50. The molecule has 0 spiro atoms. The van der Waals surface area contributed by atoms with E-state index in [-0.39, 0.29) is 23.9 Å². The zero-order chi connectivity index (χ0) is 66.6. The standard InChI is InChI=1S/C42H30N12O28S7/c43-33-26(15-28(85(68,69)70)22-14-31(88(77,78)79)36(39(56)32(22)33)52-47-23-8-4-18(54(60)61)12-29(23)86(71,72)73)50-48-24-9-7-20-21(40(24)89(80,81)82)13-30(87(74,75)76)35(38(20)55)51-46-17-3-10-27(84(65,66)67)25(11-17)49-53-37(34(44)42(58)59)41(57)45-16-1-5-19(6-2-16)83(62,63)64/h1-15,44-45,55-57H,43H2,(H,58,59)(H,62,63,64)(H,65,66,67)(H,68,69,70)(H,71,72,73)(H,74,75,76)(H,77,78,79)(H,80,81,82)/p+1/b41-37-,44-34?,50-48?,51-46?,52-47?,53-49?. The smallest absolute Gasteiger partial charge is 0.403 e. The molecular formula is C42H31N12O28S7+. The number of carboxylic acids is 1. The number of nitrogens with two attached hydrogens (primary N) is 2. The van der Waals surface area contributed by atoms with Crippen molar-refractivity contribution in [3.63, 3.8) is 0 Å². The molecule has 468 valence electrons. The molecule has 0 saturated carbocycles. The second kappa shape index (κ2) is 23.7. The Morgan fingerprint density at radius 3 is 1.54 bits per heavy atom. The summed E-state index contributed by atoms with van der Waals surface area (Å²) in [6.45, 7) is 0. The van der Waals surface area contributed by atoms with Crippen molar-refractivity contribution < 1.29 is 126 Å². The molecule has 0 unspecified atom stereocenters. The molecule has 7 rings (SSSR count). The number of aliphatic carboxylic acids is 1. The number of non-ortho nitro benzene ring substituents is 1. The Balaban J connectivity index is 1.37. The number of azo groups is 4. The van der Waals surface area contributed by atoms with Gasteiger partial charge in [-0.3, -0.25) is 42.0 Å². The lowest BCUT2D eigenvalue weighted by Crippen LogP contribution is -2.46. The van der Waals surface area contributed by atoms with Gasteiger partial charge < -0.3 is 31.5 Å². The van der Waals surface area contributed by atoms with E-state index in [0.29, 0.717) is 36.4 Å². The number of hydrogen-bond acceptors (Lipinski definition) is 30. The molecule has 0 aromatic heterocycles. The van der Waals surface area contributed by atoms with Crippen LogP contribution in [0.3, 0.4) is 0 Å². The number of phenols is 2. The van der Waals surface area contributed by atoms with Crippen molar-refractivity contribution in [1.82, 2.24) is 0 Å². The highest BCUT2D eigenvalue weighted by molar-refractivity contribution is 7.87. The second-order valence-corrected chi connectivity index (χ2v) is 26.9. The molecule has 0 radical (unpaired) electrons. The zero-order valence-corrected chi connectivity index (χ0v) is 48.3. The molecule has 40 nitrogen and oxygen atoms in total. The second-order valence-electron chi connectivity index (χ2n) is 17.1. The number of nitro groups is 1. The van der Waals surface area contributed by atoms with Gasteiger partial charge >= 0.3 is 11.7 Å². The van der Waals surface area contributed by atoms with Gasteiger partial charge in [-0.1, -0.05) is 0 Å². The SMILES string of the molecule is Nc1c(N=Nc2ccc3c(O)c(N=Nc4ccc(S(=O)(=O)O)c(N=N/C(C(=[NH2+])C(=O)O)=C(\O)Nc5ccc(S(=O)(=O)O)cc5)c4)c(S(=O)(=O)O)cc3c2S(=O)(=O)O)cc(S(=O)(=O)O)c2cc(S(=O)(=O)O)c(N=Nc3ccc([N+](=O)[O-])cc3S(=O)(=O)O)c(O)c12. The molecule has 0 atom stereocenters. The molecule has 47 heteroatoms. The van der Waals surface area contributed by atoms with Crippen molar-refractivity contribution in [1.29, 1.82) is 0 Å². The van der Waals surface area contributed by atoms with Crippen LogP contribution in [0.1, 0.15) is 0 Å². The minimum atomic E-state index is -5.81. The van der Waals surface area contributed by atoms with Gasteiger partial charge in [0.05, 0.1) is 26.6 Å². The van der Waals surface area contributed by atoms with Crippen LogP contribution in [0.4, 0.5) is 56.9 Å². The minimum Gasteiger partial charge on any atom is -0.505 e. The molecular weight excluding hydrogens is 1340 g/mol. The Bertz CT molecular complexity index is 5320. The first-order valence-electron chi connectivity index (χ1n) is 22.3. The number of benzene rings is 7. The van der Waals surface area contributed by atoms with Crippen LogP contribution in [-0.4, -0.2) is 128 Å². The van der Waals surface area contributed by atoms with Crippen LogP contribution in [0, 0.1) is 10.1 Å². The number of nitro benzene ring substituents is 1. The number of aromatic hydroxyl groups is 2. The fourth-order valence-electron chi connectivity index (χ4n) is 7.55. The predicted molar refractivity (Wildman–Crippen MR) is 295 cm³/mol. The summed E-state index contributed by atoms with van der Waals surface area (Å²) in [5.41, 5.74) is -5.84. The highest BCUT2D eigenvalue weighted by atomic mass is 32.2. The summed E-state index contributed by atoms with van der Waals surface area (Å²) in [5, 5.41) is 86.5. The molecule has 0 bridgehead atoms. The molecule has 0 aliphatic carbocycles. The largest absolute Gasteiger partial charge is 0.505 e. The molecule has 0 amide bonds. The minimum absolute atomic E-state index is 0.201. The topological polar surface area (TPSA) is 684 Å². The van der Waals surface area contributed by atoms with Crippen LogP contribution in [0.5, 0.6) is 11.5 Å². The number of fused-ring (bicyclic) bond motifs is 2.